The van der Waals surface area contributed by atoms with Gasteiger partial charge in [0, 0.05) is 5.02 Å². The average molecular weight is 334 g/mol. The zero-order valence-corrected chi connectivity index (χ0v) is 13.2. The summed E-state index contributed by atoms with van der Waals surface area (Å²) in [6.45, 7) is -0.211. The number of hydrogen-bond donors (Lipinski definition) is 1. The fourth-order valence-electron chi connectivity index (χ4n) is 2.49. The first-order valence-electron chi connectivity index (χ1n) is 7.55. The van der Waals surface area contributed by atoms with Crippen molar-refractivity contribution >= 4 is 17.5 Å². The third-order valence-corrected chi connectivity index (χ3v) is 4.09. The van der Waals surface area contributed by atoms with Gasteiger partial charge in [-0.15, -0.1) is 0 Å². The molecule has 1 aliphatic rings. The van der Waals surface area contributed by atoms with Crippen LogP contribution in [0.4, 0.5) is 4.39 Å². The van der Waals surface area contributed by atoms with Crippen molar-refractivity contribution in [2.24, 2.45) is 5.92 Å². The number of hydrogen-bond acceptors (Lipinski definition) is 2. The molecule has 0 bridgehead atoms. The highest BCUT2D eigenvalue weighted by atomic mass is 35.5. The number of ether oxygens (including phenoxy) is 1. The van der Waals surface area contributed by atoms with Crippen LogP contribution >= 0.6 is 11.6 Å². The fraction of sp³-hybridized carbons (Fsp3) is 0.278. The molecule has 0 heterocycles. The average Bonchev–Trinajstić information content (AvgIpc) is 3.38. The summed E-state index contributed by atoms with van der Waals surface area (Å²) in [4.78, 5) is 12.1. The maximum atomic E-state index is 13.5. The molecule has 1 amide bonds. The third-order valence-electron chi connectivity index (χ3n) is 3.83. The number of carbonyl (C=O) groups is 1. The van der Waals surface area contributed by atoms with Crippen molar-refractivity contribution in [3.63, 3.8) is 0 Å². The first kappa shape index (κ1) is 15.8. The Hall–Kier alpha value is -2.07. The van der Waals surface area contributed by atoms with E-state index in [2.05, 4.69) is 5.32 Å². The predicted molar refractivity (Wildman–Crippen MR) is 87.0 cm³/mol. The maximum absolute atomic E-state index is 13.5. The van der Waals surface area contributed by atoms with Crippen LogP contribution in [0.5, 0.6) is 5.75 Å². The van der Waals surface area contributed by atoms with Crippen LogP contribution in [0.1, 0.15) is 24.4 Å². The number of benzene rings is 2. The minimum Gasteiger partial charge on any atom is -0.481 e. The molecule has 1 aliphatic carbocycles. The Morgan fingerprint density at radius 2 is 1.91 bits per heavy atom. The van der Waals surface area contributed by atoms with Gasteiger partial charge in [-0.3, -0.25) is 4.79 Å². The number of halogens is 2. The van der Waals surface area contributed by atoms with E-state index in [9.17, 15) is 9.18 Å². The van der Waals surface area contributed by atoms with E-state index < -0.39 is 5.82 Å². The maximum Gasteiger partial charge on any atom is 0.258 e. The van der Waals surface area contributed by atoms with Crippen molar-refractivity contribution in [1.29, 1.82) is 0 Å². The molecular formula is C18H17ClFNO2. The van der Waals surface area contributed by atoms with Crippen molar-refractivity contribution in [1.82, 2.24) is 5.32 Å². The van der Waals surface area contributed by atoms with Gasteiger partial charge in [0.1, 0.15) is 0 Å². The minimum absolute atomic E-state index is 0.0519. The van der Waals surface area contributed by atoms with E-state index >= 15 is 0 Å². The SMILES string of the molecule is O=C(COc1ccccc1F)NC(c1ccc(Cl)cc1)C1CC1. The highest BCUT2D eigenvalue weighted by Gasteiger charge is 2.33. The summed E-state index contributed by atoms with van der Waals surface area (Å²) in [5, 5.41) is 3.64. The van der Waals surface area contributed by atoms with Gasteiger partial charge in [0.25, 0.3) is 5.91 Å². The number of rotatable bonds is 6. The van der Waals surface area contributed by atoms with Gasteiger partial charge >= 0.3 is 0 Å². The summed E-state index contributed by atoms with van der Waals surface area (Å²) in [6, 6.07) is 13.5. The molecule has 0 aliphatic heterocycles. The topological polar surface area (TPSA) is 38.3 Å². The Bertz CT molecular complexity index is 686. The normalized spacial score (nSPS) is 15.0. The molecule has 5 heteroatoms. The van der Waals surface area contributed by atoms with Gasteiger partial charge in [-0.25, -0.2) is 4.39 Å². The predicted octanol–water partition coefficient (Wildman–Crippen LogP) is 4.13. The number of amides is 1. The molecule has 120 valence electrons. The molecule has 23 heavy (non-hydrogen) atoms. The van der Waals surface area contributed by atoms with E-state index in [1.807, 2.05) is 24.3 Å². The summed E-state index contributed by atoms with van der Waals surface area (Å²) in [5.41, 5.74) is 1.02. The van der Waals surface area contributed by atoms with Crippen molar-refractivity contribution < 1.29 is 13.9 Å². The van der Waals surface area contributed by atoms with E-state index in [0.717, 1.165) is 18.4 Å². The zero-order valence-electron chi connectivity index (χ0n) is 12.5. The zero-order chi connectivity index (χ0) is 16.2. The molecular weight excluding hydrogens is 317 g/mol. The summed E-state index contributed by atoms with van der Waals surface area (Å²) in [5.74, 6) is -0.220. The molecule has 0 aromatic heterocycles. The Kier molecular flexibility index (Phi) is 4.82. The first-order valence-corrected chi connectivity index (χ1v) is 7.93. The van der Waals surface area contributed by atoms with Crippen LogP contribution < -0.4 is 10.1 Å². The van der Waals surface area contributed by atoms with Crippen LogP contribution in [0.25, 0.3) is 0 Å². The van der Waals surface area contributed by atoms with Crippen LogP contribution in [0.3, 0.4) is 0 Å². The van der Waals surface area contributed by atoms with Gasteiger partial charge in [0.15, 0.2) is 18.2 Å². The Labute approximate surface area is 139 Å². The van der Waals surface area contributed by atoms with Gasteiger partial charge in [0.05, 0.1) is 6.04 Å². The molecule has 2 aromatic carbocycles. The number of nitrogens with one attached hydrogen (secondary N) is 1. The van der Waals surface area contributed by atoms with Crippen LogP contribution in [-0.4, -0.2) is 12.5 Å². The lowest BCUT2D eigenvalue weighted by molar-refractivity contribution is -0.124. The lowest BCUT2D eigenvalue weighted by atomic mass is 10.0. The summed E-state index contributed by atoms with van der Waals surface area (Å²) >= 11 is 5.91. The Morgan fingerprint density at radius 3 is 2.57 bits per heavy atom. The smallest absolute Gasteiger partial charge is 0.258 e. The molecule has 1 N–H and O–H groups in total. The lowest BCUT2D eigenvalue weighted by Crippen LogP contribution is -2.33. The van der Waals surface area contributed by atoms with Crippen LogP contribution in [-0.2, 0) is 4.79 Å². The van der Waals surface area contributed by atoms with E-state index in [0.29, 0.717) is 10.9 Å². The highest BCUT2D eigenvalue weighted by Crippen LogP contribution is 2.41. The standard InChI is InChI=1S/C18H17ClFNO2/c19-14-9-7-13(8-10-14)18(12-5-6-12)21-17(22)11-23-16-4-2-1-3-15(16)20/h1-4,7-10,12,18H,5-6,11H2,(H,21,22). The molecule has 1 saturated carbocycles. The van der Waals surface area contributed by atoms with Gasteiger partial charge in [-0.05, 0) is 48.6 Å². The molecule has 0 radical (unpaired) electrons. The lowest BCUT2D eigenvalue weighted by Gasteiger charge is -2.19. The summed E-state index contributed by atoms with van der Waals surface area (Å²) in [7, 11) is 0. The number of para-hydroxylation sites is 1. The molecule has 1 fully saturated rings. The first-order chi connectivity index (χ1) is 11.1. The Balaban J connectivity index is 1.61. The van der Waals surface area contributed by atoms with Gasteiger partial charge in [0.2, 0.25) is 0 Å². The quantitative estimate of drug-likeness (QED) is 0.863. The minimum atomic E-state index is -0.475. The van der Waals surface area contributed by atoms with Crippen LogP contribution in [0.2, 0.25) is 5.02 Å². The van der Waals surface area contributed by atoms with E-state index in [-0.39, 0.29) is 24.3 Å². The van der Waals surface area contributed by atoms with Crippen molar-refractivity contribution in [3.05, 3.63) is 64.9 Å². The second kappa shape index (κ2) is 7.01. The van der Waals surface area contributed by atoms with E-state index in [4.69, 9.17) is 16.3 Å². The fourth-order valence-corrected chi connectivity index (χ4v) is 2.62. The van der Waals surface area contributed by atoms with Crippen LogP contribution in [0.15, 0.2) is 48.5 Å². The van der Waals surface area contributed by atoms with Crippen molar-refractivity contribution in [3.8, 4) is 5.75 Å². The molecule has 0 saturated heterocycles. The molecule has 0 spiro atoms. The van der Waals surface area contributed by atoms with E-state index in [1.54, 1.807) is 12.1 Å². The summed E-state index contributed by atoms with van der Waals surface area (Å²) < 4.78 is 18.7. The second-order valence-corrected chi connectivity index (χ2v) is 6.09. The molecule has 3 nitrogen and oxygen atoms in total. The number of carbonyl (C=O) groups excluding carboxylic acids is 1. The monoisotopic (exact) mass is 333 g/mol. The second-order valence-electron chi connectivity index (χ2n) is 5.65. The summed E-state index contributed by atoms with van der Waals surface area (Å²) in [6.07, 6.45) is 2.17. The van der Waals surface area contributed by atoms with Crippen molar-refractivity contribution in [2.75, 3.05) is 6.61 Å². The Morgan fingerprint density at radius 1 is 1.22 bits per heavy atom. The van der Waals surface area contributed by atoms with Crippen LogP contribution in [0, 0.1) is 11.7 Å². The molecule has 3 rings (SSSR count). The van der Waals surface area contributed by atoms with Gasteiger partial charge in [-0.2, -0.15) is 0 Å². The van der Waals surface area contributed by atoms with Crippen molar-refractivity contribution in [2.45, 2.75) is 18.9 Å². The molecule has 1 unspecified atom stereocenters. The molecule has 2 aromatic rings. The van der Waals surface area contributed by atoms with Gasteiger partial charge < -0.3 is 10.1 Å². The highest BCUT2D eigenvalue weighted by molar-refractivity contribution is 6.30. The largest absolute Gasteiger partial charge is 0.481 e. The van der Waals surface area contributed by atoms with Gasteiger partial charge in [-0.1, -0.05) is 35.9 Å². The molecule has 1 atom stereocenters. The third kappa shape index (κ3) is 4.23. The van der Waals surface area contributed by atoms with E-state index in [1.165, 1.54) is 12.1 Å².